The van der Waals surface area contributed by atoms with Gasteiger partial charge < -0.3 is 20.3 Å². The lowest BCUT2D eigenvalue weighted by atomic mass is 10.1. The minimum absolute atomic E-state index is 0.0107. The molecule has 2 N–H and O–H groups in total. The summed E-state index contributed by atoms with van der Waals surface area (Å²) in [4.78, 5) is 26.1. The first-order chi connectivity index (χ1) is 13.7. The third-order valence-electron chi connectivity index (χ3n) is 6.03. The predicted octanol–water partition coefficient (Wildman–Crippen LogP) is 1.55. The van der Waals surface area contributed by atoms with Gasteiger partial charge in [0.15, 0.2) is 0 Å². The molecule has 3 heterocycles. The van der Waals surface area contributed by atoms with Gasteiger partial charge in [0.05, 0.1) is 30.9 Å². The molecule has 1 aliphatic carbocycles. The summed E-state index contributed by atoms with van der Waals surface area (Å²) in [5.74, 6) is 1.43. The zero-order valence-corrected chi connectivity index (χ0v) is 15.9. The normalized spacial score (nSPS) is 24.2. The number of hydrogen-bond donors (Lipinski definition) is 1. The number of carbonyl (C=O) groups is 1. The lowest BCUT2D eigenvalue weighted by Crippen LogP contribution is -2.45. The molecule has 1 aromatic carbocycles. The molecule has 5 rings (SSSR count). The van der Waals surface area contributed by atoms with E-state index in [1.807, 2.05) is 23.1 Å². The molecule has 1 aromatic heterocycles. The topological polar surface area (TPSA) is 84.6 Å². The molecule has 7 heteroatoms. The first kappa shape index (κ1) is 17.4. The van der Waals surface area contributed by atoms with E-state index in [0.717, 1.165) is 42.9 Å². The molecule has 0 unspecified atom stereocenters. The average molecular weight is 379 g/mol. The highest BCUT2D eigenvalue weighted by Crippen LogP contribution is 2.34. The van der Waals surface area contributed by atoms with Gasteiger partial charge in [-0.25, -0.2) is 4.98 Å². The van der Waals surface area contributed by atoms with E-state index in [0.29, 0.717) is 32.1 Å². The molecule has 146 valence electrons. The second kappa shape index (κ2) is 7.05. The molecule has 2 atom stereocenters. The summed E-state index contributed by atoms with van der Waals surface area (Å²) in [5.41, 5.74) is 9.41. The third-order valence-corrected chi connectivity index (χ3v) is 6.03. The fourth-order valence-corrected chi connectivity index (χ4v) is 4.70. The van der Waals surface area contributed by atoms with E-state index in [-0.39, 0.29) is 18.1 Å². The van der Waals surface area contributed by atoms with Crippen molar-refractivity contribution in [1.82, 2.24) is 14.9 Å². The van der Waals surface area contributed by atoms with Gasteiger partial charge in [-0.05, 0) is 24.8 Å². The SMILES string of the molecule is Nc1nc2c(c(N3C[C@@H]4OCCC(=O)N(Cc5ccccc5)[C@H]4C3)n1)CCC2. The summed E-state index contributed by atoms with van der Waals surface area (Å²) in [6.07, 6.45) is 3.48. The van der Waals surface area contributed by atoms with E-state index >= 15 is 0 Å². The number of aromatic nitrogens is 2. The first-order valence-corrected chi connectivity index (χ1v) is 10.0. The van der Waals surface area contributed by atoms with Gasteiger partial charge in [-0.1, -0.05) is 30.3 Å². The number of nitrogen functional groups attached to an aromatic ring is 1. The largest absolute Gasteiger partial charge is 0.374 e. The summed E-state index contributed by atoms with van der Waals surface area (Å²) in [6.45, 7) is 2.53. The van der Waals surface area contributed by atoms with Gasteiger partial charge >= 0.3 is 0 Å². The molecular weight excluding hydrogens is 354 g/mol. The standard InChI is InChI=1S/C21H25N5O2/c22-21-23-16-8-4-7-15(16)20(24-21)25-12-17-18(13-25)28-10-9-19(27)26(17)11-14-5-2-1-3-6-14/h1-3,5-6,17-18H,4,7-13H2,(H2,22,23,24)/t17-,18-/m0/s1. The summed E-state index contributed by atoms with van der Waals surface area (Å²) in [5, 5.41) is 0. The number of benzene rings is 1. The predicted molar refractivity (Wildman–Crippen MR) is 106 cm³/mol. The lowest BCUT2D eigenvalue weighted by Gasteiger charge is -2.30. The summed E-state index contributed by atoms with van der Waals surface area (Å²) >= 11 is 0. The van der Waals surface area contributed by atoms with E-state index in [4.69, 9.17) is 10.5 Å². The van der Waals surface area contributed by atoms with Gasteiger partial charge in [0, 0.05) is 25.2 Å². The Bertz CT molecular complexity index is 888. The zero-order valence-electron chi connectivity index (χ0n) is 15.9. The molecule has 2 aliphatic heterocycles. The van der Waals surface area contributed by atoms with Gasteiger partial charge in [0.25, 0.3) is 0 Å². The quantitative estimate of drug-likeness (QED) is 0.871. The van der Waals surface area contributed by atoms with Crippen molar-refractivity contribution in [3.63, 3.8) is 0 Å². The van der Waals surface area contributed by atoms with Crippen LogP contribution in [0.4, 0.5) is 11.8 Å². The molecule has 2 aromatic rings. The smallest absolute Gasteiger partial charge is 0.225 e. The number of nitrogens with two attached hydrogens (primary N) is 1. The number of hydrogen-bond acceptors (Lipinski definition) is 6. The van der Waals surface area contributed by atoms with E-state index in [1.165, 1.54) is 5.56 Å². The van der Waals surface area contributed by atoms with Crippen LogP contribution in [0.3, 0.4) is 0 Å². The van der Waals surface area contributed by atoms with Crippen LogP contribution in [-0.2, 0) is 28.9 Å². The molecule has 0 spiro atoms. The Morgan fingerprint density at radius 3 is 2.82 bits per heavy atom. The molecule has 28 heavy (non-hydrogen) atoms. The molecule has 1 amide bonds. The second-order valence-electron chi connectivity index (χ2n) is 7.82. The Kier molecular flexibility index (Phi) is 4.39. The Balaban J connectivity index is 1.44. The molecule has 2 saturated heterocycles. The highest BCUT2D eigenvalue weighted by Gasteiger charge is 2.42. The summed E-state index contributed by atoms with van der Waals surface area (Å²) in [6, 6.07) is 10.2. The van der Waals surface area contributed by atoms with Crippen molar-refractivity contribution in [1.29, 1.82) is 0 Å². The van der Waals surface area contributed by atoms with Gasteiger partial charge in [-0.2, -0.15) is 4.98 Å². The number of rotatable bonds is 3. The van der Waals surface area contributed by atoms with E-state index in [9.17, 15) is 4.79 Å². The highest BCUT2D eigenvalue weighted by atomic mass is 16.5. The van der Waals surface area contributed by atoms with Crippen LogP contribution in [0.5, 0.6) is 0 Å². The third kappa shape index (κ3) is 3.09. The molecule has 0 bridgehead atoms. The number of ether oxygens (including phenoxy) is 1. The minimum atomic E-state index is -0.0107. The maximum atomic E-state index is 12.8. The highest BCUT2D eigenvalue weighted by molar-refractivity contribution is 5.77. The first-order valence-electron chi connectivity index (χ1n) is 10.0. The van der Waals surface area contributed by atoms with Crippen LogP contribution < -0.4 is 10.6 Å². The van der Waals surface area contributed by atoms with Crippen molar-refractivity contribution in [2.45, 2.75) is 44.4 Å². The van der Waals surface area contributed by atoms with E-state index in [2.05, 4.69) is 27.0 Å². The minimum Gasteiger partial charge on any atom is -0.374 e. The van der Waals surface area contributed by atoms with E-state index < -0.39 is 0 Å². The summed E-state index contributed by atoms with van der Waals surface area (Å²) < 4.78 is 6.09. The molecule has 2 fully saturated rings. The van der Waals surface area contributed by atoms with E-state index in [1.54, 1.807) is 0 Å². The number of fused-ring (bicyclic) bond motifs is 2. The Morgan fingerprint density at radius 2 is 1.96 bits per heavy atom. The number of anilines is 2. The number of amides is 1. The maximum Gasteiger partial charge on any atom is 0.225 e. The van der Waals surface area contributed by atoms with Crippen molar-refractivity contribution in [2.24, 2.45) is 0 Å². The van der Waals surface area contributed by atoms with Crippen molar-refractivity contribution < 1.29 is 9.53 Å². The van der Waals surface area contributed by atoms with Crippen molar-refractivity contribution in [3.05, 3.63) is 47.2 Å². The Hall–Kier alpha value is -2.67. The van der Waals surface area contributed by atoms with Crippen LogP contribution >= 0.6 is 0 Å². The van der Waals surface area contributed by atoms with Gasteiger partial charge in [-0.15, -0.1) is 0 Å². The van der Waals surface area contributed by atoms with Gasteiger partial charge in [0.1, 0.15) is 5.82 Å². The Morgan fingerprint density at radius 1 is 1.11 bits per heavy atom. The van der Waals surface area contributed by atoms with Crippen molar-refractivity contribution in [3.8, 4) is 0 Å². The maximum absolute atomic E-state index is 12.8. The van der Waals surface area contributed by atoms with Gasteiger partial charge in [-0.3, -0.25) is 4.79 Å². The Labute approximate surface area is 164 Å². The monoisotopic (exact) mass is 379 g/mol. The van der Waals surface area contributed by atoms with Crippen LogP contribution in [0, 0.1) is 0 Å². The lowest BCUT2D eigenvalue weighted by molar-refractivity contribution is -0.133. The molecule has 3 aliphatic rings. The fourth-order valence-electron chi connectivity index (χ4n) is 4.70. The summed E-state index contributed by atoms with van der Waals surface area (Å²) in [7, 11) is 0. The van der Waals surface area contributed by atoms with Crippen molar-refractivity contribution in [2.75, 3.05) is 30.3 Å². The molecule has 7 nitrogen and oxygen atoms in total. The molecule has 0 saturated carbocycles. The van der Waals surface area contributed by atoms with Crippen LogP contribution in [0.15, 0.2) is 30.3 Å². The number of nitrogens with zero attached hydrogens (tertiary/aromatic N) is 4. The zero-order chi connectivity index (χ0) is 19.1. The number of aryl methyl sites for hydroxylation is 1. The fraction of sp³-hybridized carbons (Fsp3) is 0.476. The van der Waals surface area contributed by atoms with Crippen LogP contribution in [0.1, 0.15) is 29.7 Å². The molecule has 0 radical (unpaired) electrons. The van der Waals surface area contributed by atoms with Gasteiger partial charge in [0.2, 0.25) is 11.9 Å². The van der Waals surface area contributed by atoms with Crippen LogP contribution in [0.25, 0.3) is 0 Å². The average Bonchev–Trinajstić information content (AvgIpc) is 3.30. The number of carbonyl (C=O) groups excluding carboxylic acids is 1. The second-order valence-corrected chi connectivity index (χ2v) is 7.82. The molecular formula is C21H25N5O2. The van der Waals surface area contributed by atoms with Crippen molar-refractivity contribution >= 4 is 17.7 Å². The van der Waals surface area contributed by atoms with Crippen LogP contribution in [0.2, 0.25) is 0 Å². The van der Waals surface area contributed by atoms with Crippen LogP contribution in [-0.4, -0.2) is 52.6 Å².